The van der Waals surface area contributed by atoms with Gasteiger partial charge in [-0.2, -0.15) is 0 Å². The van der Waals surface area contributed by atoms with E-state index in [2.05, 4.69) is 38.4 Å². The van der Waals surface area contributed by atoms with Crippen LogP contribution in [0.3, 0.4) is 0 Å². The van der Waals surface area contributed by atoms with Gasteiger partial charge in [0.25, 0.3) is 0 Å². The summed E-state index contributed by atoms with van der Waals surface area (Å²) in [6, 6.07) is 0. The van der Waals surface area contributed by atoms with Crippen LogP contribution in [-0.2, 0) is 12.0 Å². The largest absolute Gasteiger partial charge is 0.310 e. The van der Waals surface area contributed by atoms with Crippen molar-refractivity contribution in [1.29, 1.82) is 0 Å². The molecule has 1 aliphatic carbocycles. The molecule has 1 aromatic heterocycles. The Kier molecular flexibility index (Phi) is 3.60. The Bertz CT molecular complexity index is 372. The summed E-state index contributed by atoms with van der Waals surface area (Å²) in [6.07, 6.45) is 4.17. The fourth-order valence-corrected chi connectivity index (χ4v) is 3.16. The van der Waals surface area contributed by atoms with Crippen molar-refractivity contribution >= 4 is 11.3 Å². The highest BCUT2D eigenvalue weighted by Crippen LogP contribution is 2.39. The van der Waals surface area contributed by atoms with Crippen LogP contribution in [0.5, 0.6) is 0 Å². The van der Waals surface area contributed by atoms with Crippen LogP contribution in [0.2, 0.25) is 0 Å². The second-order valence-electron chi connectivity index (χ2n) is 6.64. The molecule has 0 saturated heterocycles. The molecule has 2 nitrogen and oxygen atoms in total. The molecule has 1 aromatic rings. The summed E-state index contributed by atoms with van der Waals surface area (Å²) >= 11 is 1.78. The number of nitrogens with zero attached hydrogens (tertiary/aromatic N) is 1. The van der Waals surface area contributed by atoms with E-state index in [1.54, 1.807) is 11.3 Å². The average Bonchev–Trinajstić information content (AvgIpc) is 2.63. The van der Waals surface area contributed by atoms with E-state index in [-0.39, 0.29) is 5.41 Å². The molecule has 3 heteroatoms. The minimum absolute atomic E-state index is 0.175. The molecule has 1 aliphatic rings. The number of hydrogen-bond donors (Lipinski definition) is 1. The van der Waals surface area contributed by atoms with Gasteiger partial charge in [0.2, 0.25) is 0 Å². The van der Waals surface area contributed by atoms with Crippen LogP contribution in [0.4, 0.5) is 0 Å². The van der Waals surface area contributed by atoms with E-state index in [9.17, 15) is 0 Å². The van der Waals surface area contributed by atoms with E-state index in [1.807, 2.05) is 0 Å². The van der Waals surface area contributed by atoms with E-state index in [0.29, 0.717) is 5.41 Å². The van der Waals surface area contributed by atoms with E-state index in [0.717, 1.165) is 13.1 Å². The van der Waals surface area contributed by atoms with Crippen LogP contribution in [0.25, 0.3) is 0 Å². The number of thiazole rings is 1. The van der Waals surface area contributed by atoms with Crippen molar-refractivity contribution in [3.63, 3.8) is 0 Å². The van der Waals surface area contributed by atoms with Crippen molar-refractivity contribution in [3.8, 4) is 0 Å². The van der Waals surface area contributed by atoms with Crippen molar-refractivity contribution in [2.45, 2.75) is 58.9 Å². The van der Waals surface area contributed by atoms with E-state index < -0.39 is 0 Å². The molecule has 0 spiro atoms. The zero-order valence-corrected chi connectivity index (χ0v) is 12.3. The molecule has 0 amide bonds. The monoisotopic (exact) mass is 252 g/mol. The number of rotatable bonds is 4. The van der Waals surface area contributed by atoms with Crippen LogP contribution in [0, 0.1) is 5.41 Å². The summed E-state index contributed by atoms with van der Waals surface area (Å²) in [7, 11) is 0. The SMILES string of the molecule is CC1(CNCc2nc(C(C)(C)C)cs2)CCC1. The van der Waals surface area contributed by atoms with Gasteiger partial charge >= 0.3 is 0 Å². The van der Waals surface area contributed by atoms with Crippen LogP contribution in [0.15, 0.2) is 5.38 Å². The third-order valence-electron chi connectivity index (χ3n) is 3.71. The first-order valence-corrected chi connectivity index (χ1v) is 7.43. The minimum atomic E-state index is 0.175. The molecular weight excluding hydrogens is 228 g/mol. The number of nitrogens with one attached hydrogen (secondary N) is 1. The minimum Gasteiger partial charge on any atom is -0.310 e. The highest BCUT2D eigenvalue weighted by molar-refractivity contribution is 7.09. The van der Waals surface area contributed by atoms with Gasteiger partial charge in [-0.1, -0.05) is 34.1 Å². The molecule has 0 aliphatic heterocycles. The Hall–Kier alpha value is -0.410. The third-order valence-corrected chi connectivity index (χ3v) is 4.56. The van der Waals surface area contributed by atoms with Crippen molar-refractivity contribution in [2.24, 2.45) is 5.41 Å². The van der Waals surface area contributed by atoms with Gasteiger partial charge in [0.05, 0.1) is 5.69 Å². The second-order valence-corrected chi connectivity index (χ2v) is 7.59. The molecule has 1 N–H and O–H groups in total. The van der Waals surface area contributed by atoms with Gasteiger partial charge in [-0.15, -0.1) is 11.3 Å². The maximum absolute atomic E-state index is 4.70. The zero-order valence-electron chi connectivity index (χ0n) is 11.5. The number of hydrogen-bond acceptors (Lipinski definition) is 3. The van der Waals surface area contributed by atoms with Crippen molar-refractivity contribution in [3.05, 3.63) is 16.1 Å². The molecule has 0 unspecified atom stereocenters. The average molecular weight is 252 g/mol. The van der Waals surface area contributed by atoms with Gasteiger partial charge in [-0.25, -0.2) is 4.98 Å². The topological polar surface area (TPSA) is 24.9 Å². The van der Waals surface area contributed by atoms with Crippen molar-refractivity contribution in [2.75, 3.05) is 6.54 Å². The van der Waals surface area contributed by atoms with Crippen LogP contribution in [-0.4, -0.2) is 11.5 Å². The predicted octanol–water partition coefficient (Wildman–Crippen LogP) is 3.72. The zero-order chi connectivity index (χ0) is 12.5. The third kappa shape index (κ3) is 3.29. The van der Waals surface area contributed by atoms with Gasteiger partial charge < -0.3 is 5.32 Å². The first kappa shape index (κ1) is 13.0. The molecule has 0 bridgehead atoms. The maximum Gasteiger partial charge on any atom is 0.107 e. The van der Waals surface area contributed by atoms with Crippen LogP contribution in [0.1, 0.15) is 57.7 Å². The smallest absolute Gasteiger partial charge is 0.107 e. The summed E-state index contributed by atoms with van der Waals surface area (Å²) in [6.45, 7) is 11.1. The van der Waals surface area contributed by atoms with Crippen LogP contribution >= 0.6 is 11.3 Å². The normalized spacial score (nSPS) is 19.1. The highest BCUT2D eigenvalue weighted by atomic mass is 32.1. The molecule has 1 fully saturated rings. The Morgan fingerprint density at radius 2 is 2.12 bits per heavy atom. The molecular formula is C14H24N2S. The van der Waals surface area contributed by atoms with Gasteiger partial charge in [-0.3, -0.25) is 0 Å². The molecule has 0 aromatic carbocycles. The first-order chi connectivity index (χ1) is 7.89. The fourth-order valence-electron chi connectivity index (χ4n) is 2.16. The van der Waals surface area contributed by atoms with Crippen molar-refractivity contribution in [1.82, 2.24) is 10.3 Å². The molecule has 2 rings (SSSR count). The Morgan fingerprint density at radius 1 is 1.41 bits per heavy atom. The lowest BCUT2D eigenvalue weighted by atomic mass is 9.70. The fraction of sp³-hybridized carbons (Fsp3) is 0.786. The van der Waals surface area contributed by atoms with Crippen LogP contribution < -0.4 is 5.32 Å². The second kappa shape index (κ2) is 4.69. The molecule has 1 saturated carbocycles. The van der Waals surface area contributed by atoms with E-state index in [1.165, 1.54) is 30.0 Å². The Balaban J connectivity index is 1.81. The molecule has 17 heavy (non-hydrogen) atoms. The van der Waals surface area contributed by atoms with Gasteiger partial charge in [0.1, 0.15) is 5.01 Å². The van der Waals surface area contributed by atoms with Crippen molar-refractivity contribution < 1.29 is 0 Å². The molecule has 96 valence electrons. The Morgan fingerprint density at radius 3 is 2.59 bits per heavy atom. The summed E-state index contributed by atoms with van der Waals surface area (Å²) < 4.78 is 0. The molecule has 0 radical (unpaired) electrons. The van der Waals surface area contributed by atoms with Gasteiger partial charge in [-0.05, 0) is 18.3 Å². The van der Waals surface area contributed by atoms with E-state index in [4.69, 9.17) is 4.98 Å². The predicted molar refractivity (Wildman–Crippen MR) is 74.5 cm³/mol. The molecule has 0 atom stereocenters. The molecule has 1 heterocycles. The highest BCUT2D eigenvalue weighted by Gasteiger charge is 2.31. The Labute approximate surface area is 109 Å². The maximum atomic E-state index is 4.70. The summed E-state index contributed by atoms with van der Waals surface area (Å²) in [4.78, 5) is 4.70. The van der Waals surface area contributed by atoms with Gasteiger partial charge in [0.15, 0.2) is 0 Å². The first-order valence-electron chi connectivity index (χ1n) is 6.55. The lowest BCUT2D eigenvalue weighted by Crippen LogP contribution is -2.36. The van der Waals surface area contributed by atoms with E-state index >= 15 is 0 Å². The summed E-state index contributed by atoms with van der Waals surface area (Å²) in [5.41, 5.74) is 1.95. The van der Waals surface area contributed by atoms with Gasteiger partial charge in [0, 0.05) is 23.9 Å². The number of aromatic nitrogens is 1. The summed E-state index contributed by atoms with van der Waals surface area (Å²) in [5.74, 6) is 0. The lowest BCUT2D eigenvalue weighted by molar-refractivity contribution is 0.156. The standard InChI is InChI=1S/C14H24N2S/c1-13(2,3)11-9-17-12(16-11)8-15-10-14(4)6-5-7-14/h9,15H,5-8,10H2,1-4H3. The lowest BCUT2D eigenvalue weighted by Gasteiger charge is -2.38. The quantitative estimate of drug-likeness (QED) is 0.883. The summed E-state index contributed by atoms with van der Waals surface area (Å²) in [5, 5.41) is 6.97.